The lowest BCUT2D eigenvalue weighted by Gasteiger charge is -2.56. The van der Waals surface area contributed by atoms with Crippen molar-refractivity contribution < 1.29 is 0 Å². The van der Waals surface area contributed by atoms with E-state index < -0.39 is 0 Å². The standard InChI is InChI=1S/C16H30N2/c1-3-17-13-11-14-7-6-8-15(12-13)18(14)16(2)9-4-5-10-16/h13-15,17H,3-12H2,1-2H3. The maximum Gasteiger partial charge on any atom is 0.0187 e. The fourth-order valence-corrected chi connectivity index (χ4v) is 5.11. The summed E-state index contributed by atoms with van der Waals surface area (Å²) in [6, 6.07) is 2.56. The van der Waals surface area contributed by atoms with Crippen molar-refractivity contribution in [3.8, 4) is 0 Å². The van der Waals surface area contributed by atoms with Crippen LogP contribution in [0.1, 0.15) is 71.6 Å². The van der Waals surface area contributed by atoms with Crippen LogP contribution >= 0.6 is 0 Å². The van der Waals surface area contributed by atoms with Gasteiger partial charge in [0.25, 0.3) is 0 Å². The van der Waals surface area contributed by atoms with Gasteiger partial charge >= 0.3 is 0 Å². The van der Waals surface area contributed by atoms with Crippen molar-refractivity contribution in [1.29, 1.82) is 0 Å². The summed E-state index contributed by atoms with van der Waals surface area (Å²) in [6.45, 7) is 5.95. The van der Waals surface area contributed by atoms with Crippen LogP contribution in [-0.2, 0) is 0 Å². The van der Waals surface area contributed by atoms with Crippen molar-refractivity contribution in [1.82, 2.24) is 10.2 Å². The molecule has 2 heteroatoms. The maximum atomic E-state index is 3.71. The number of hydrogen-bond acceptors (Lipinski definition) is 2. The van der Waals surface area contributed by atoms with Gasteiger partial charge in [-0.3, -0.25) is 4.90 Å². The Morgan fingerprint density at radius 1 is 1.06 bits per heavy atom. The number of piperidine rings is 2. The van der Waals surface area contributed by atoms with E-state index in [0.717, 1.165) is 24.7 Å². The van der Waals surface area contributed by atoms with E-state index in [1.165, 1.54) is 57.8 Å². The summed E-state index contributed by atoms with van der Waals surface area (Å²) in [5, 5.41) is 3.71. The van der Waals surface area contributed by atoms with Gasteiger partial charge in [-0.15, -0.1) is 0 Å². The second-order valence-electron chi connectivity index (χ2n) is 7.08. The lowest BCUT2D eigenvalue weighted by Crippen LogP contribution is -2.63. The molecule has 18 heavy (non-hydrogen) atoms. The maximum absolute atomic E-state index is 3.71. The van der Waals surface area contributed by atoms with Gasteiger partial charge in [-0.1, -0.05) is 26.2 Å². The molecular formula is C16H30N2. The minimum atomic E-state index is 0.549. The number of fused-ring (bicyclic) bond motifs is 2. The van der Waals surface area contributed by atoms with Crippen LogP contribution in [-0.4, -0.2) is 35.1 Å². The summed E-state index contributed by atoms with van der Waals surface area (Å²) in [6.07, 6.45) is 13.0. The second-order valence-corrected chi connectivity index (χ2v) is 7.08. The summed E-state index contributed by atoms with van der Waals surface area (Å²) >= 11 is 0. The van der Waals surface area contributed by atoms with Gasteiger partial charge < -0.3 is 5.32 Å². The SMILES string of the molecule is CCNC1CC2CCCC(C1)N2C1(C)CCCC1. The minimum absolute atomic E-state index is 0.549. The highest BCUT2D eigenvalue weighted by Gasteiger charge is 2.47. The zero-order valence-electron chi connectivity index (χ0n) is 12.3. The summed E-state index contributed by atoms with van der Waals surface area (Å²) in [7, 11) is 0. The highest BCUT2D eigenvalue weighted by Crippen LogP contribution is 2.45. The molecule has 2 unspecified atom stereocenters. The molecule has 1 N–H and O–H groups in total. The average Bonchev–Trinajstić information content (AvgIpc) is 2.76. The molecule has 0 amide bonds. The molecule has 2 bridgehead atoms. The smallest absolute Gasteiger partial charge is 0.0187 e. The van der Waals surface area contributed by atoms with Crippen LogP contribution in [0.2, 0.25) is 0 Å². The molecule has 2 saturated heterocycles. The van der Waals surface area contributed by atoms with Gasteiger partial charge in [0, 0.05) is 23.7 Å². The van der Waals surface area contributed by atoms with Gasteiger partial charge in [-0.2, -0.15) is 0 Å². The molecule has 2 heterocycles. The molecule has 2 nitrogen and oxygen atoms in total. The Kier molecular flexibility index (Phi) is 3.68. The van der Waals surface area contributed by atoms with Crippen LogP contribution in [0.25, 0.3) is 0 Å². The molecule has 0 aromatic carbocycles. The number of nitrogens with zero attached hydrogens (tertiary/aromatic N) is 1. The van der Waals surface area contributed by atoms with E-state index in [-0.39, 0.29) is 0 Å². The van der Waals surface area contributed by atoms with Gasteiger partial charge in [0.05, 0.1) is 0 Å². The molecule has 1 saturated carbocycles. The van der Waals surface area contributed by atoms with Crippen LogP contribution < -0.4 is 5.32 Å². The van der Waals surface area contributed by atoms with E-state index >= 15 is 0 Å². The molecular weight excluding hydrogens is 220 g/mol. The Morgan fingerprint density at radius 3 is 2.22 bits per heavy atom. The van der Waals surface area contributed by atoms with Crippen molar-refractivity contribution in [2.75, 3.05) is 6.54 Å². The topological polar surface area (TPSA) is 15.3 Å². The van der Waals surface area contributed by atoms with Crippen LogP contribution in [0, 0.1) is 0 Å². The zero-order chi connectivity index (χ0) is 12.6. The molecule has 0 spiro atoms. The summed E-state index contributed by atoms with van der Waals surface area (Å²) in [5.41, 5.74) is 0.549. The third kappa shape index (κ3) is 2.22. The Balaban J connectivity index is 1.75. The fourth-order valence-electron chi connectivity index (χ4n) is 5.11. The lowest BCUT2D eigenvalue weighted by molar-refractivity contribution is -0.0529. The van der Waals surface area contributed by atoms with Crippen molar-refractivity contribution in [2.24, 2.45) is 0 Å². The summed E-state index contributed by atoms with van der Waals surface area (Å²) < 4.78 is 0. The van der Waals surface area contributed by atoms with Crippen molar-refractivity contribution in [3.63, 3.8) is 0 Å². The largest absolute Gasteiger partial charge is 0.314 e. The van der Waals surface area contributed by atoms with Gasteiger partial charge in [-0.05, 0) is 52.0 Å². The second kappa shape index (κ2) is 5.13. The van der Waals surface area contributed by atoms with E-state index in [9.17, 15) is 0 Å². The van der Waals surface area contributed by atoms with E-state index in [0.29, 0.717) is 5.54 Å². The Bertz CT molecular complexity index is 269. The molecule has 0 radical (unpaired) electrons. The Labute approximate surface area is 113 Å². The van der Waals surface area contributed by atoms with E-state index in [1.807, 2.05) is 0 Å². The molecule has 2 atom stereocenters. The molecule has 1 aliphatic carbocycles. The van der Waals surface area contributed by atoms with Crippen molar-refractivity contribution in [3.05, 3.63) is 0 Å². The first-order chi connectivity index (χ1) is 8.73. The minimum Gasteiger partial charge on any atom is -0.314 e. The van der Waals surface area contributed by atoms with Crippen LogP contribution in [0.15, 0.2) is 0 Å². The van der Waals surface area contributed by atoms with Gasteiger partial charge in [0.15, 0.2) is 0 Å². The highest BCUT2D eigenvalue weighted by atomic mass is 15.3. The lowest BCUT2D eigenvalue weighted by atomic mass is 9.77. The first-order valence-electron chi connectivity index (χ1n) is 8.25. The highest BCUT2D eigenvalue weighted by molar-refractivity contribution is 5.03. The van der Waals surface area contributed by atoms with Gasteiger partial charge in [-0.25, -0.2) is 0 Å². The molecule has 3 fully saturated rings. The molecule has 104 valence electrons. The average molecular weight is 250 g/mol. The third-order valence-electron chi connectivity index (χ3n) is 5.77. The Morgan fingerprint density at radius 2 is 1.67 bits per heavy atom. The monoisotopic (exact) mass is 250 g/mol. The van der Waals surface area contributed by atoms with Crippen molar-refractivity contribution >= 4 is 0 Å². The molecule has 3 rings (SSSR count). The van der Waals surface area contributed by atoms with Crippen LogP contribution in [0.5, 0.6) is 0 Å². The molecule has 2 aliphatic heterocycles. The first kappa shape index (κ1) is 12.9. The summed E-state index contributed by atoms with van der Waals surface area (Å²) in [5.74, 6) is 0. The predicted octanol–water partition coefficient (Wildman–Crippen LogP) is 3.31. The number of hydrogen-bond donors (Lipinski definition) is 1. The van der Waals surface area contributed by atoms with Crippen LogP contribution in [0.4, 0.5) is 0 Å². The number of rotatable bonds is 3. The molecule has 0 aromatic heterocycles. The summed E-state index contributed by atoms with van der Waals surface area (Å²) in [4.78, 5) is 2.98. The van der Waals surface area contributed by atoms with Gasteiger partial charge in [0.1, 0.15) is 0 Å². The van der Waals surface area contributed by atoms with Gasteiger partial charge in [0.2, 0.25) is 0 Å². The first-order valence-corrected chi connectivity index (χ1v) is 8.25. The Hall–Kier alpha value is -0.0800. The predicted molar refractivity (Wildman–Crippen MR) is 76.8 cm³/mol. The number of nitrogens with one attached hydrogen (secondary N) is 1. The molecule has 0 aromatic rings. The fraction of sp³-hybridized carbons (Fsp3) is 1.00. The van der Waals surface area contributed by atoms with Crippen LogP contribution in [0.3, 0.4) is 0 Å². The van der Waals surface area contributed by atoms with E-state index in [1.54, 1.807) is 0 Å². The zero-order valence-corrected chi connectivity index (χ0v) is 12.3. The van der Waals surface area contributed by atoms with E-state index in [2.05, 4.69) is 24.1 Å². The van der Waals surface area contributed by atoms with Crippen molar-refractivity contribution in [2.45, 2.75) is 95.3 Å². The third-order valence-corrected chi connectivity index (χ3v) is 5.77. The molecule has 3 aliphatic rings. The van der Waals surface area contributed by atoms with E-state index in [4.69, 9.17) is 0 Å². The quantitative estimate of drug-likeness (QED) is 0.826. The normalized spacial score (nSPS) is 40.0.